The highest BCUT2D eigenvalue weighted by Gasteiger charge is 2.40. The molecule has 0 aromatic heterocycles. The first-order chi connectivity index (χ1) is 14.5. The van der Waals surface area contributed by atoms with Gasteiger partial charge in [-0.1, -0.05) is 69.3 Å². The van der Waals surface area contributed by atoms with Crippen molar-refractivity contribution in [3.8, 4) is 11.1 Å². The molecule has 0 saturated heterocycles. The first-order valence-corrected chi connectivity index (χ1v) is 13.3. The molecule has 0 aliphatic heterocycles. The van der Waals surface area contributed by atoms with Crippen LogP contribution in [0.3, 0.4) is 0 Å². The van der Waals surface area contributed by atoms with Gasteiger partial charge in [-0.2, -0.15) is 0 Å². The van der Waals surface area contributed by atoms with Gasteiger partial charge in [-0.25, -0.2) is 4.79 Å². The molecule has 1 unspecified atom stereocenters. The molecule has 0 saturated carbocycles. The van der Waals surface area contributed by atoms with Gasteiger partial charge in [0.2, 0.25) is 0 Å². The summed E-state index contributed by atoms with van der Waals surface area (Å²) in [6.45, 7) is 9.91. The monoisotopic (exact) mass is 440 g/mol. The van der Waals surface area contributed by atoms with Gasteiger partial charge in [-0.3, -0.25) is 4.99 Å². The van der Waals surface area contributed by atoms with E-state index in [9.17, 15) is 15.0 Å². The van der Waals surface area contributed by atoms with E-state index in [1.54, 1.807) is 0 Å². The lowest BCUT2D eigenvalue weighted by Gasteiger charge is -2.37. The third kappa shape index (κ3) is 4.99. The molecule has 1 aliphatic rings. The molecule has 0 heterocycles. The van der Waals surface area contributed by atoms with E-state index in [0.29, 0.717) is 0 Å². The zero-order chi connectivity index (χ0) is 22.8. The lowest BCUT2D eigenvalue weighted by atomic mass is 9.98. The van der Waals surface area contributed by atoms with E-state index in [1.165, 1.54) is 0 Å². The maximum absolute atomic E-state index is 12.3. The van der Waals surface area contributed by atoms with E-state index in [2.05, 4.69) is 17.1 Å². The average molecular weight is 441 g/mol. The van der Waals surface area contributed by atoms with E-state index in [4.69, 9.17) is 9.16 Å². The molecule has 6 nitrogen and oxygen atoms in total. The second kappa shape index (κ2) is 8.84. The van der Waals surface area contributed by atoms with Gasteiger partial charge in [-0.05, 0) is 40.4 Å². The summed E-state index contributed by atoms with van der Waals surface area (Å²) in [5, 5.41) is 21.7. The van der Waals surface area contributed by atoms with Crippen LogP contribution in [0.25, 0.3) is 11.1 Å². The minimum Gasteiger partial charge on any atom is -0.599 e. The summed E-state index contributed by atoms with van der Waals surface area (Å²) in [6.07, 6.45) is -1.94. The van der Waals surface area contributed by atoms with Gasteiger partial charge in [0.25, 0.3) is 0 Å². The van der Waals surface area contributed by atoms with Crippen LogP contribution in [-0.4, -0.2) is 44.7 Å². The molecule has 2 aromatic carbocycles. The molecule has 31 heavy (non-hydrogen) atoms. The number of rotatable bonds is 7. The first-order valence-electron chi connectivity index (χ1n) is 10.4. The van der Waals surface area contributed by atoms with Crippen LogP contribution in [0.2, 0.25) is 18.1 Å². The van der Waals surface area contributed by atoms with Crippen molar-refractivity contribution in [2.24, 2.45) is 4.99 Å². The van der Waals surface area contributed by atoms with Crippen LogP contribution in [0.15, 0.2) is 53.5 Å². The standard InChI is InChI=1S/C24H31NO5Si/c1-24(2,3)31(4,5)30-21(22(26)27)14-25-23(28)29-15-20-18-12-8-6-10-16(18)17-11-7-9-13-19(17)20/h6-13,20-21H,14-15H2,1-5H3,(H,25,28)(H,26,27)/p-1. The van der Waals surface area contributed by atoms with Gasteiger partial charge in [0.1, 0.15) is 6.08 Å². The number of nitrogens with zero attached hydrogens (tertiary/aromatic N) is 1. The quantitative estimate of drug-likeness (QED) is 0.399. The Bertz CT molecular complexity index is 934. The highest BCUT2D eigenvalue weighted by molar-refractivity contribution is 6.74. The van der Waals surface area contributed by atoms with Gasteiger partial charge in [0.05, 0.1) is 6.54 Å². The van der Waals surface area contributed by atoms with E-state index < -0.39 is 26.5 Å². The second-order valence-electron chi connectivity index (χ2n) is 9.35. The van der Waals surface area contributed by atoms with Crippen molar-refractivity contribution in [2.75, 3.05) is 13.2 Å². The number of hydrogen-bond acceptors (Lipinski definition) is 5. The predicted octanol–water partition coefficient (Wildman–Crippen LogP) is 4.01. The molecule has 7 heteroatoms. The number of carbonyl (C=O) groups is 1. The van der Waals surface area contributed by atoms with Crippen molar-refractivity contribution in [3.63, 3.8) is 0 Å². The SMILES string of the molecule is CC(C)(C)[Si](C)(C)OC(CN=C([O-])OCC1c2ccccc2-c2ccccc21)C(=O)O. The minimum absolute atomic E-state index is 0.0645. The maximum atomic E-state index is 12.3. The molecule has 0 spiro atoms. The fourth-order valence-corrected chi connectivity index (χ4v) is 4.74. The maximum Gasteiger partial charge on any atom is 0.333 e. The van der Waals surface area contributed by atoms with Crippen LogP contribution in [0.4, 0.5) is 0 Å². The third-order valence-corrected chi connectivity index (χ3v) is 10.7. The molecule has 1 aliphatic carbocycles. The number of benzene rings is 2. The minimum atomic E-state index is -2.31. The Morgan fingerprint density at radius 3 is 2.10 bits per heavy atom. The smallest absolute Gasteiger partial charge is 0.333 e. The van der Waals surface area contributed by atoms with Gasteiger partial charge in [-0.15, -0.1) is 0 Å². The molecule has 1 N–H and O–H groups in total. The fourth-order valence-electron chi connectivity index (χ4n) is 3.50. The molecule has 0 amide bonds. The molecule has 1 atom stereocenters. The predicted molar refractivity (Wildman–Crippen MR) is 122 cm³/mol. The van der Waals surface area contributed by atoms with Crippen molar-refractivity contribution in [1.82, 2.24) is 0 Å². The summed E-state index contributed by atoms with van der Waals surface area (Å²) in [5.41, 5.74) is 4.51. The third-order valence-electron chi connectivity index (χ3n) is 6.24. The number of carboxylic acid groups (broad SMARTS) is 1. The number of carboxylic acids is 1. The van der Waals surface area contributed by atoms with Crippen molar-refractivity contribution in [2.45, 2.75) is 50.9 Å². The largest absolute Gasteiger partial charge is 0.599 e. The summed E-state index contributed by atoms with van der Waals surface area (Å²) in [7, 11) is -2.31. The number of aliphatic carboxylic acids is 1. The summed E-state index contributed by atoms with van der Waals surface area (Å²) in [6, 6.07) is 16.1. The Balaban J connectivity index is 1.68. The van der Waals surface area contributed by atoms with Gasteiger partial charge >= 0.3 is 5.97 Å². The van der Waals surface area contributed by atoms with Crippen LogP contribution in [0.5, 0.6) is 0 Å². The number of ether oxygens (including phenoxy) is 1. The summed E-state index contributed by atoms with van der Waals surface area (Å²) >= 11 is 0. The van der Waals surface area contributed by atoms with Crippen LogP contribution in [0.1, 0.15) is 37.8 Å². The highest BCUT2D eigenvalue weighted by Crippen LogP contribution is 2.44. The van der Waals surface area contributed by atoms with Crippen LogP contribution >= 0.6 is 0 Å². The summed E-state index contributed by atoms with van der Waals surface area (Å²) < 4.78 is 11.3. The van der Waals surface area contributed by atoms with Crippen molar-refractivity contribution in [3.05, 3.63) is 59.7 Å². The average Bonchev–Trinajstić information content (AvgIpc) is 3.02. The molecule has 0 bridgehead atoms. The van der Waals surface area contributed by atoms with Crippen molar-refractivity contribution < 1.29 is 24.2 Å². The van der Waals surface area contributed by atoms with E-state index in [1.807, 2.05) is 70.3 Å². The summed E-state index contributed by atoms with van der Waals surface area (Å²) in [5.74, 6) is -1.19. The molecule has 2 aromatic rings. The van der Waals surface area contributed by atoms with Crippen LogP contribution in [-0.2, 0) is 14.0 Å². The Labute approximate surface area is 184 Å². The van der Waals surface area contributed by atoms with Crippen molar-refractivity contribution in [1.29, 1.82) is 0 Å². The first kappa shape index (κ1) is 23.0. The highest BCUT2D eigenvalue weighted by atomic mass is 28.4. The van der Waals surface area contributed by atoms with E-state index in [-0.39, 0.29) is 24.1 Å². The topological polar surface area (TPSA) is 91.2 Å². The van der Waals surface area contributed by atoms with Gasteiger partial charge < -0.3 is 19.4 Å². The fraction of sp³-hybridized carbons (Fsp3) is 0.417. The summed E-state index contributed by atoms with van der Waals surface area (Å²) in [4.78, 5) is 15.5. The molecular formula is C24H30NO5Si-. The number of aliphatic imine (C=N–C) groups is 1. The lowest BCUT2D eigenvalue weighted by molar-refractivity contribution is -0.251. The van der Waals surface area contributed by atoms with E-state index in [0.717, 1.165) is 22.3 Å². The molecule has 166 valence electrons. The van der Waals surface area contributed by atoms with Gasteiger partial charge in [0, 0.05) is 12.5 Å². The lowest BCUT2D eigenvalue weighted by Crippen LogP contribution is -2.47. The zero-order valence-electron chi connectivity index (χ0n) is 18.7. The second-order valence-corrected chi connectivity index (χ2v) is 14.1. The van der Waals surface area contributed by atoms with Crippen LogP contribution in [0, 0.1) is 0 Å². The Morgan fingerprint density at radius 2 is 1.61 bits per heavy atom. The zero-order valence-corrected chi connectivity index (χ0v) is 19.7. The Hall–Kier alpha value is -2.64. The molecule has 0 radical (unpaired) electrons. The van der Waals surface area contributed by atoms with Crippen LogP contribution < -0.4 is 5.11 Å². The Kier molecular flexibility index (Phi) is 6.57. The number of fused-ring (bicyclic) bond motifs is 3. The van der Waals surface area contributed by atoms with Crippen molar-refractivity contribution >= 4 is 20.4 Å². The number of hydrogen-bond donors (Lipinski definition) is 1. The molecular weight excluding hydrogens is 410 g/mol. The molecule has 0 fully saturated rings. The normalized spacial score (nSPS) is 15.3. The Morgan fingerprint density at radius 1 is 1.10 bits per heavy atom. The van der Waals surface area contributed by atoms with Gasteiger partial charge in [0.15, 0.2) is 14.4 Å². The van der Waals surface area contributed by atoms with E-state index >= 15 is 0 Å². The molecule has 3 rings (SSSR count).